The summed E-state index contributed by atoms with van der Waals surface area (Å²) < 4.78 is 5.50. The maximum atomic E-state index is 12.3. The third-order valence-corrected chi connectivity index (χ3v) is 3.65. The third-order valence-electron chi connectivity index (χ3n) is 3.65. The molecule has 0 saturated carbocycles. The molecular formula is C20H18N4O3. The van der Waals surface area contributed by atoms with Crippen molar-refractivity contribution in [3.63, 3.8) is 0 Å². The van der Waals surface area contributed by atoms with Crippen molar-refractivity contribution in [2.45, 2.75) is 13.0 Å². The zero-order chi connectivity index (χ0) is 19.1. The fourth-order valence-electron chi connectivity index (χ4n) is 2.24. The number of ether oxygens (including phenoxy) is 1. The van der Waals surface area contributed by atoms with Crippen LogP contribution in [0.1, 0.15) is 17.3 Å². The van der Waals surface area contributed by atoms with Crippen LogP contribution in [0, 0.1) is 0 Å². The monoisotopic (exact) mass is 362 g/mol. The lowest BCUT2D eigenvalue weighted by atomic mass is 10.2. The number of benzene rings is 2. The lowest BCUT2D eigenvalue weighted by Gasteiger charge is -2.14. The van der Waals surface area contributed by atoms with Gasteiger partial charge in [-0.25, -0.2) is 9.97 Å². The van der Waals surface area contributed by atoms with Crippen LogP contribution in [-0.4, -0.2) is 27.8 Å². The highest BCUT2D eigenvalue weighted by Gasteiger charge is 2.16. The van der Waals surface area contributed by atoms with E-state index in [1.807, 2.05) is 6.07 Å². The number of hydrogen-bond donors (Lipinski definition) is 2. The Balaban J connectivity index is 1.55. The van der Waals surface area contributed by atoms with Crippen LogP contribution >= 0.6 is 0 Å². The highest BCUT2D eigenvalue weighted by Crippen LogP contribution is 2.19. The van der Waals surface area contributed by atoms with Crippen molar-refractivity contribution in [2.75, 3.05) is 5.32 Å². The van der Waals surface area contributed by atoms with Crippen LogP contribution in [0.3, 0.4) is 0 Å². The van der Waals surface area contributed by atoms with Gasteiger partial charge in [0.1, 0.15) is 11.8 Å². The van der Waals surface area contributed by atoms with Gasteiger partial charge in [-0.1, -0.05) is 18.2 Å². The van der Waals surface area contributed by atoms with E-state index in [0.29, 0.717) is 17.0 Å². The Bertz CT molecular complexity index is 900. The Kier molecular flexibility index (Phi) is 5.73. The molecule has 1 aromatic heterocycles. The van der Waals surface area contributed by atoms with Crippen molar-refractivity contribution in [3.8, 4) is 11.8 Å². The Morgan fingerprint density at radius 2 is 1.59 bits per heavy atom. The number of aromatic nitrogens is 2. The second kappa shape index (κ2) is 8.57. The highest BCUT2D eigenvalue weighted by molar-refractivity contribution is 6.00. The first-order valence-corrected chi connectivity index (χ1v) is 8.33. The molecule has 0 aliphatic heterocycles. The predicted octanol–water partition coefficient (Wildman–Crippen LogP) is 3.03. The quantitative estimate of drug-likeness (QED) is 0.703. The second-order valence-corrected chi connectivity index (χ2v) is 5.71. The molecule has 0 aliphatic rings. The van der Waals surface area contributed by atoms with Crippen LogP contribution < -0.4 is 15.4 Å². The normalized spacial score (nSPS) is 11.3. The SMILES string of the molecule is CC(NC(=O)c1ccccc1)C(=O)Nc1ccc(Oc2ncccn2)cc1. The Morgan fingerprint density at radius 3 is 2.26 bits per heavy atom. The molecule has 7 heteroatoms. The summed E-state index contributed by atoms with van der Waals surface area (Å²) in [5, 5.41) is 5.42. The third kappa shape index (κ3) is 5.12. The fourth-order valence-corrected chi connectivity index (χ4v) is 2.24. The summed E-state index contributed by atoms with van der Waals surface area (Å²) in [6.07, 6.45) is 3.17. The molecule has 3 aromatic rings. The number of rotatable bonds is 6. The molecule has 1 unspecified atom stereocenters. The minimum Gasteiger partial charge on any atom is -0.424 e. The number of carbonyl (C=O) groups excluding carboxylic acids is 2. The molecule has 0 spiro atoms. The summed E-state index contributed by atoms with van der Waals surface area (Å²) in [5.41, 5.74) is 1.09. The van der Waals surface area contributed by atoms with E-state index in [4.69, 9.17) is 4.74 Å². The lowest BCUT2D eigenvalue weighted by Crippen LogP contribution is -2.41. The van der Waals surface area contributed by atoms with Crippen molar-refractivity contribution in [1.82, 2.24) is 15.3 Å². The molecule has 0 radical (unpaired) electrons. The van der Waals surface area contributed by atoms with Gasteiger partial charge in [0.05, 0.1) is 0 Å². The number of nitrogens with zero attached hydrogens (tertiary/aromatic N) is 2. The van der Waals surface area contributed by atoms with Gasteiger partial charge in [-0.2, -0.15) is 0 Å². The summed E-state index contributed by atoms with van der Waals surface area (Å²) in [6.45, 7) is 1.63. The van der Waals surface area contributed by atoms with Crippen molar-refractivity contribution in [3.05, 3.63) is 78.6 Å². The Hall–Kier alpha value is -3.74. The summed E-state index contributed by atoms with van der Waals surface area (Å²) in [6, 6.07) is 16.8. The minimum absolute atomic E-state index is 0.242. The molecule has 1 atom stereocenters. The number of anilines is 1. The molecule has 136 valence electrons. The molecule has 0 bridgehead atoms. The molecule has 1 heterocycles. The average Bonchev–Trinajstić information content (AvgIpc) is 2.71. The summed E-state index contributed by atoms with van der Waals surface area (Å²) in [5.74, 6) is -0.0752. The largest absolute Gasteiger partial charge is 0.424 e. The van der Waals surface area contributed by atoms with Gasteiger partial charge in [-0.3, -0.25) is 9.59 Å². The van der Waals surface area contributed by atoms with Gasteiger partial charge < -0.3 is 15.4 Å². The van der Waals surface area contributed by atoms with Crippen molar-refractivity contribution < 1.29 is 14.3 Å². The van der Waals surface area contributed by atoms with Crippen LogP contribution in [0.2, 0.25) is 0 Å². The molecule has 0 fully saturated rings. The van der Waals surface area contributed by atoms with Gasteiger partial charge in [0.2, 0.25) is 5.91 Å². The summed E-state index contributed by atoms with van der Waals surface area (Å²) in [4.78, 5) is 32.3. The second-order valence-electron chi connectivity index (χ2n) is 5.71. The number of carbonyl (C=O) groups is 2. The summed E-state index contributed by atoms with van der Waals surface area (Å²) in [7, 11) is 0. The van der Waals surface area contributed by atoms with Crippen molar-refractivity contribution in [1.29, 1.82) is 0 Å². The van der Waals surface area contributed by atoms with E-state index in [0.717, 1.165) is 0 Å². The first kappa shape index (κ1) is 18.1. The molecule has 0 saturated heterocycles. The zero-order valence-corrected chi connectivity index (χ0v) is 14.6. The maximum Gasteiger partial charge on any atom is 0.321 e. The van der Waals surface area contributed by atoms with Crippen LogP contribution in [0.5, 0.6) is 11.8 Å². The zero-order valence-electron chi connectivity index (χ0n) is 14.6. The van der Waals surface area contributed by atoms with Crippen LogP contribution in [0.15, 0.2) is 73.1 Å². The first-order valence-electron chi connectivity index (χ1n) is 8.33. The van der Waals surface area contributed by atoms with Crippen LogP contribution in [0.25, 0.3) is 0 Å². The molecule has 3 rings (SSSR count). The molecule has 7 nitrogen and oxygen atoms in total. The minimum atomic E-state index is -0.689. The summed E-state index contributed by atoms with van der Waals surface area (Å²) >= 11 is 0. The standard InChI is InChI=1S/C20H18N4O3/c1-14(23-19(26)15-6-3-2-4-7-15)18(25)24-16-8-10-17(11-9-16)27-20-21-12-5-13-22-20/h2-14H,1H3,(H,23,26)(H,24,25). The predicted molar refractivity (Wildman–Crippen MR) is 101 cm³/mol. The molecule has 2 N–H and O–H groups in total. The van der Waals surface area contributed by atoms with E-state index in [1.165, 1.54) is 0 Å². The number of nitrogens with one attached hydrogen (secondary N) is 2. The van der Waals surface area contributed by atoms with Gasteiger partial charge in [0.25, 0.3) is 5.91 Å². The lowest BCUT2D eigenvalue weighted by molar-refractivity contribution is -0.117. The Labute approximate surface area is 156 Å². The molecular weight excluding hydrogens is 344 g/mol. The smallest absolute Gasteiger partial charge is 0.321 e. The highest BCUT2D eigenvalue weighted by atomic mass is 16.5. The van der Waals surface area contributed by atoms with E-state index in [-0.39, 0.29) is 17.8 Å². The van der Waals surface area contributed by atoms with Crippen molar-refractivity contribution >= 4 is 17.5 Å². The van der Waals surface area contributed by atoms with E-state index >= 15 is 0 Å². The van der Waals surface area contributed by atoms with E-state index in [9.17, 15) is 9.59 Å². The molecule has 2 amide bonds. The van der Waals surface area contributed by atoms with Crippen molar-refractivity contribution in [2.24, 2.45) is 0 Å². The maximum absolute atomic E-state index is 12.3. The number of hydrogen-bond acceptors (Lipinski definition) is 5. The van der Waals surface area contributed by atoms with Crippen LogP contribution in [0.4, 0.5) is 5.69 Å². The molecule has 2 aromatic carbocycles. The van der Waals surface area contributed by atoms with Gasteiger partial charge in [-0.15, -0.1) is 0 Å². The Morgan fingerprint density at radius 1 is 0.926 bits per heavy atom. The average molecular weight is 362 g/mol. The van der Waals surface area contributed by atoms with Gasteiger partial charge in [0, 0.05) is 23.6 Å². The molecule has 27 heavy (non-hydrogen) atoms. The number of amides is 2. The molecule has 0 aliphatic carbocycles. The van der Waals surface area contributed by atoms with Crippen LogP contribution in [-0.2, 0) is 4.79 Å². The van der Waals surface area contributed by atoms with Gasteiger partial charge in [-0.05, 0) is 49.4 Å². The van der Waals surface area contributed by atoms with Gasteiger partial charge in [0.15, 0.2) is 0 Å². The fraction of sp³-hybridized carbons (Fsp3) is 0.100. The topological polar surface area (TPSA) is 93.2 Å². The van der Waals surface area contributed by atoms with E-state index < -0.39 is 6.04 Å². The van der Waals surface area contributed by atoms with Gasteiger partial charge >= 0.3 is 6.01 Å². The first-order chi connectivity index (χ1) is 13.1. The van der Waals surface area contributed by atoms with E-state index in [2.05, 4.69) is 20.6 Å². The van der Waals surface area contributed by atoms with E-state index in [1.54, 1.807) is 73.9 Å².